The van der Waals surface area contributed by atoms with Gasteiger partial charge < -0.3 is 9.64 Å². The Morgan fingerprint density at radius 3 is 2.80 bits per heavy atom. The fourth-order valence-electron chi connectivity index (χ4n) is 4.17. The van der Waals surface area contributed by atoms with Crippen molar-refractivity contribution in [1.82, 2.24) is 14.9 Å². The molecule has 1 amide bonds. The summed E-state index contributed by atoms with van der Waals surface area (Å²) in [5.74, 6) is 0.455. The van der Waals surface area contributed by atoms with Gasteiger partial charge in [-0.25, -0.2) is 4.98 Å². The quantitative estimate of drug-likeness (QED) is 0.615. The molecule has 150 valence electrons. The molecule has 0 radical (unpaired) electrons. The van der Waals surface area contributed by atoms with Crippen LogP contribution in [-0.2, 0) is 6.61 Å². The average Bonchev–Trinajstić information content (AvgIpc) is 3.19. The summed E-state index contributed by atoms with van der Waals surface area (Å²) in [6.07, 6.45) is 4.59. The van der Waals surface area contributed by atoms with Gasteiger partial charge >= 0.3 is 0 Å². The number of hydrogen-bond acceptors (Lipinski definition) is 4. The smallest absolute Gasteiger partial charge is 0.255 e. The third kappa shape index (κ3) is 3.35. The highest BCUT2D eigenvalue weighted by molar-refractivity contribution is 6.30. The van der Waals surface area contributed by atoms with Crippen LogP contribution in [0.3, 0.4) is 0 Å². The Kier molecular flexibility index (Phi) is 4.75. The van der Waals surface area contributed by atoms with Crippen LogP contribution in [0.5, 0.6) is 5.88 Å². The minimum absolute atomic E-state index is 0.00108. The van der Waals surface area contributed by atoms with E-state index in [0.717, 1.165) is 28.9 Å². The number of carbonyl (C=O) groups excluding carboxylic acids is 1. The first-order valence-electron chi connectivity index (χ1n) is 9.88. The van der Waals surface area contributed by atoms with Crippen molar-refractivity contribution in [3.05, 3.63) is 94.4 Å². The fraction of sp³-hybridized carbons (Fsp3) is 0.208. The monoisotopic (exact) mass is 417 g/mol. The number of pyridine rings is 2. The van der Waals surface area contributed by atoms with Gasteiger partial charge in [0, 0.05) is 30.3 Å². The van der Waals surface area contributed by atoms with Crippen LogP contribution in [0, 0.1) is 0 Å². The van der Waals surface area contributed by atoms with Crippen LogP contribution in [0.2, 0.25) is 5.02 Å². The molecule has 2 bridgehead atoms. The van der Waals surface area contributed by atoms with Crippen LogP contribution in [0.25, 0.3) is 5.57 Å². The highest BCUT2D eigenvalue weighted by Crippen LogP contribution is 2.45. The SMILES string of the molecule is CN1C(=O)c2ccc(OCc3ccccc3)nc2C2CC1C=C2c1cc(Cl)ccn1. The van der Waals surface area contributed by atoms with E-state index in [0.29, 0.717) is 23.1 Å². The highest BCUT2D eigenvalue weighted by atomic mass is 35.5. The molecule has 0 N–H and O–H groups in total. The number of nitrogens with zero attached hydrogens (tertiary/aromatic N) is 3. The maximum Gasteiger partial charge on any atom is 0.255 e. The van der Waals surface area contributed by atoms with Gasteiger partial charge in [-0.05, 0) is 35.8 Å². The molecule has 5 nitrogen and oxygen atoms in total. The van der Waals surface area contributed by atoms with Crippen molar-refractivity contribution in [2.24, 2.45) is 0 Å². The summed E-state index contributed by atoms with van der Waals surface area (Å²) in [7, 11) is 1.84. The lowest BCUT2D eigenvalue weighted by atomic mass is 9.92. The molecule has 0 fully saturated rings. The molecule has 0 spiro atoms. The third-order valence-corrected chi connectivity index (χ3v) is 5.98. The standard InChI is InChI=1S/C24H20ClN3O2/c1-28-17-12-19(21-11-16(25)9-10-26-21)20(13-17)23-18(24(28)29)7-8-22(27-23)30-14-15-5-3-2-4-6-15/h2-12,17,20H,13-14H2,1H3. The summed E-state index contributed by atoms with van der Waals surface area (Å²) in [5, 5.41) is 0.637. The van der Waals surface area contributed by atoms with Gasteiger partial charge in [0.2, 0.25) is 5.88 Å². The van der Waals surface area contributed by atoms with Gasteiger partial charge in [-0.3, -0.25) is 9.78 Å². The number of rotatable bonds is 4. The predicted molar refractivity (Wildman–Crippen MR) is 115 cm³/mol. The summed E-state index contributed by atoms with van der Waals surface area (Å²) >= 11 is 6.21. The van der Waals surface area contributed by atoms with E-state index in [1.165, 1.54) is 0 Å². The number of carbonyl (C=O) groups is 1. The second kappa shape index (κ2) is 7.58. The number of fused-ring (bicyclic) bond motifs is 4. The van der Waals surface area contributed by atoms with Crippen molar-refractivity contribution in [3.63, 3.8) is 0 Å². The molecule has 2 atom stereocenters. The van der Waals surface area contributed by atoms with Crippen molar-refractivity contribution in [1.29, 1.82) is 0 Å². The van der Waals surface area contributed by atoms with Gasteiger partial charge in [0.05, 0.1) is 23.0 Å². The van der Waals surface area contributed by atoms with Gasteiger partial charge in [-0.15, -0.1) is 0 Å². The Morgan fingerprint density at radius 2 is 2.00 bits per heavy atom. The number of hydrogen-bond donors (Lipinski definition) is 0. The van der Waals surface area contributed by atoms with Crippen LogP contribution in [0.4, 0.5) is 0 Å². The van der Waals surface area contributed by atoms with Gasteiger partial charge in [0.1, 0.15) is 6.61 Å². The van der Waals surface area contributed by atoms with E-state index < -0.39 is 0 Å². The molecule has 0 saturated heterocycles. The molecular weight excluding hydrogens is 398 g/mol. The van der Waals surface area contributed by atoms with Crippen LogP contribution in [0.15, 0.2) is 66.9 Å². The van der Waals surface area contributed by atoms with Crippen molar-refractivity contribution in [2.75, 3.05) is 7.05 Å². The molecule has 3 aromatic rings. The molecule has 1 aromatic carbocycles. The number of likely N-dealkylation sites (N-methyl/N-ethyl adjacent to an activating group) is 1. The van der Waals surface area contributed by atoms with E-state index >= 15 is 0 Å². The molecular formula is C24H20ClN3O2. The summed E-state index contributed by atoms with van der Waals surface area (Å²) < 4.78 is 5.94. The lowest BCUT2D eigenvalue weighted by Gasteiger charge is -2.22. The zero-order valence-corrected chi connectivity index (χ0v) is 17.2. The van der Waals surface area contributed by atoms with E-state index in [-0.39, 0.29) is 17.9 Å². The summed E-state index contributed by atoms with van der Waals surface area (Å²) in [6, 6.07) is 17.2. The van der Waals surface area contributed by atoms with Crippen LogP contribution >= 0.6 is 11.6 Å². The Balaban J connectivity index is 1.52. The maximum absolute atomic E-state index is 13.0. The van der Waals surface area contributed by atoms with Gasteiger partial charge in [-0.2, -0.15) is 0 Å². The minimum Gasteiger partial charge on any atom is -0.473 e. The molecule has 1 aliphatic carbocycles. The lowest BCUT2D eigenvalue weighted by Crippen LogP contribution is -2.33. The zero-order valence-electron chi connectivity index (χ0n) is 16.5. The van der Waals surface area contributed by atoms with Crippen molar-refractivity contribution >= 4 is 23.1 Å². The van der Waals surface area contributed by atoms with E-state index in [1.807, 2.05) is 49.5 Å². The van der Waals surface area contributed by atoms with Crippen LogP contribution in [-0.4, -0.2) is 33.9 Å². The second-order valence-corrected chi connectivity index (χ2v) is 8.05. The first-order valence-corrected chi connectivity index (χ1v) is 10.3. The zero-order chi connectivity index (χ0) is 20.7. The average molecular weight is 418 g/mol. The molecule has 6 heteroatoms. The molecule has 2 aromatic heterocycles. The van der Waals surface area contributed by atoms with Crippen molar-refractivity contribution in [3.8, 4) is 5.88 Å². The lowest BCUT2D eigenvalue weighted by molar-refractivity contribution is 0.0766. The highest BCUT2D eigenvalue weighted by Gasteiger charge is 2.40. The Hall–Kier alpha value is -3.18. The maximum atomic E-state index is 13.0. The number of benzene rings is 1. The van der Waals surface area contributed by atoms with E-state index in [4.69, 9.17) is 21.3 Å². The van der Waals surface area contributed by atoms with Gasteiger partial charge in [0.25, 0.3) is 5.91 Å². The Bertz CT molecular complexity index is 1150. The number of halogens is 1. The first kappa shape index (κ1) is 18.8. The predicted octanol–water partition coefficient (Wildman–Crippen LogP) is 4.73. The Labute approximate surface area is 180 Å². The van der Waals surface area contributed by atoms with Crippen LogP contribution in [0.1, 0.15) is 39.6 Å². The molecule has 2 aliphatic rings. The largest absolute Gasteiger partial charge is 0.473 e. The third-order valence-electron chi connectivity index (χ3n) is 5.75. The normalized spacial score (nSPS) is 19.9. The topological polar surface area (TPSA) is 55.3 Å². The molecule has 1 aliphatic heterocycles. The van der Waals surface area contributed by atoms with Crippen molar-refractivity contribution in [2.45, 2.75) is 25.0 Å². The van der Waals surface area contributed by atoms with Crippen LogP contribution < -0.4 is 4.74 Å². The summed E-state index contributed by atoms with van der Waals surface area (Å²) in [4.78, 5) is 24.1. The van der Waals surface area contributed by atoms with Gasteiger partial charge in [0.15, 0.2) is 0 Å². The number of allylic oxidation sites excluding steroid dienone is 1. The Morgan fingerprint density at radius 1 is 1.17 bits per heavy atom. The number of amides is 1. The van der Waals surface area contributed by atoms with E-state index in [1.54, 1.807) is 23.2 Å². The summed E-state index contributed by atoms with van der Waals surface area (Å²) in [6.45, 7) is 0.423. The molecule has 3 heterocycles. The molecule has 5 rings (SSSR count). The van der Waals surface area contributed by atoms with E-state index in [9.17, 15) is 4.79 Å². The molecule has 2 unspecified atom stereocenters. The van der Waals surface area contributed by atoms with Crippen molar-refractivity contribution < 1.29 is 9.53 Å². The van der Waals surface area contributed by atoms with E-state index in [2.05, 4.69) is 11.1 Å². The second-order valence-electron chi connectivity index (χ2n) is 7.61. The van der Waals surface area contributed by atoms with Gasteiger partial charge in [-0.1, -0.05) is 48.0 Å². The summed E-state index contributed by atoms with van der Waals surface area (Å²) in [5.41, 5.74) is 4.29. The fourth-order valence-corrected chi connectivity index (χ4v) is 4.33. The first-order chi connectivity index (χ1) is 14.6. The minimum atomic E-state index is -0.0369. The number of aromatic nitrogens is 2. The molecule has 0 saturated carbocycles. The number of ether oxygens (including phenoxy) is 1. The molecule has 30 heavy (non-hydrogen) atoms.